The molecule has 0 atom stereocenters. The van der Waals surface area contributed by atoms with E-state index in [-0.39, 0.29) is 5.82 Å². The third-order valence-electron chi connectivity index (χ3n) is 2.53. The molecule has 0 saturated heterocycles. The van der Waals surface area contributed by atoms with Crippen molar-refractivity contribution in [3.63, 3.8) is 0 Å². The summed E-state index contributed by atoms with van der Waals surface area (Å²) >= 11 is 5.92. The molecule has 2 aromatic rings. The molecule has 1 heterocycles. The van der Waals surface area contributed by atoms with Crippen LogP contribution in [0.1, 0.15) is 18.2 Å². The van der Waals surface area contributed by atoms with Crippen LogP contribution in [0.25, 0.3) is 11.4 Å². The fraction of sp³-hybridized carbons (Fsp3) is 0.231. The van der Waals surface area contributed by atoms with Gasteiger partial charge in [0.2, 0.25) is 0 Å². The normalized spacial score (nSPS) is 10.6. The van der Waals surface area contributed by atoms with Crippen LogP contribution in [0.15, 0.2) is 24.3 Å². The highest BCUT2D eigenvalue weighted by molar-refractivity contribution is 6.29. The first-order valence-electron chi connectivity index (χ1n) is 5.40. The Morgan fingerprint density at radius 2 is 2.00 bits per heavy atom. The first-order valence-corrected chi connectivity index (χ1v) is 5.78. The van der Waals surface area contributed by atoms with E-state index < -0.39 is 0 Å². The lowest BCUT2D eigenvalue weighted by molar-refractivity contribution is 0.618. The van der Waals surface area contributed by atoms with Gasteiger partial charge in [0.15, 0.2) is 5.82 Å². The monoisotopic (exact) mass is 250 g/mol. The van der Waals surface area contributed by atoms with E-state index >= 15 is 0 Å². The van der Waals surface area contributed by atoms with Gasteiger partial charge in [0.25, 0.3) is 0 Å². The zero-order valence-electron chi connectivity index (χ0n) is 9.67. The van der Waals surface area contributed by atoms with E-state index in [0.29, 0.717) is 16.5 Å². The zero-order chi connectivity index (χ0) is 12.4. The van der Waals surface area contributed by atoms with E-state index in [9.17, 15) is 4.39 Å². The number of hydrogen-bond donors (Lipinski definition) is 0. The van der Waals surface area contributed by atoms with Gasteiger partial charge in [-0.25, -0.2) is 14.4 Å². The summed E-state index contributed by atoms with van der Waals surface area (Å²) in [6, 6.07) is 6.54. The molecule has 1 aromatic heterocycles. The van der Waals surface area contributed by atoms with Crippen molar-refractivity contribution in [2.24, 2.45) is 0 Å². The quantitative estimate of drug-likeness (QED) is 0.758. The summed E-state index contributed by atoms with van der Waals surface area (Å²) < 4.78 is 13.2. The van der Waals surface area contributed by atoms with Crippen molar-refractivity contribution < 1.29 is 4.39 Å². The Bertz CT molecular complexity index is 555. The van der Waals surface area contributed by atoms with Crippen molar-refractivity contribution >= 4 is 11.6 Å². The minimum Gasteiger partial charge on any atom is -0.233 e. The van der Waals surface area contributed by atoms with E-state index in [1.54, 1.807) is 25.1 Å². The first-order chi connectivity index (χ1) is 8.10. The van der Waals surface area contributed by atoms with E-state index in [2.05, 4.69) is 9.97 Å². The zero-order valence-corrected chi connectivity index (χ0v) is 10.4. The summed E-state index contributed by atoms with van der Waals surface area (Å²) in [5, 5.41) is 0.411. The van der Waals surface area contributed by atoms with Gasteiger partial charge >= 0.3 is 0 Å². The van der Waals surface area contributed by atoms with E-state index in [4.69, 9.17) is 11.6 Å². The van der Waals surface area contributed by atoms with E-state index in [1.165, 1.54) is 6.07 Å². The Hall–Kier alpha value is -1.48. The molecule has 0 saturated carbocycles. The minimum atomic E-state index is -0.230. The molecule has 0 fully saturated rings. The molecule has 0 aliphatic heterocycles. The van der Waals surface area contributed by atoms with Gasteiger partial charge < -0.3 is 0 Å². The van der Waals surface area contributed by atoms with Crippen LogP contribution in [-0.4, -0.2) is 9.97 Å². The topological polar surface area (TPSA) is 25.8 Å². The minimum absolute atomic E-state index is 0.230. The molecule has 0 aliphatic rings. The lowest BCUT2D eigenvalue weighted by Gasteiger charge is -2.05. The summed E-state index contributed by atoms with van der Waals surface area (Å²) in [6.45, 7) is 3.71. The summed E-state index contributed by atoms with van der Waals surface area (Å²) in [7, 11) is 0. The second kappa shape index (κ2) is 4.80. The molecule has 0 aliphatic carbocycles. The predicted octanol–water partition coefficient (Wildman–Crippen LogP) is 3.81. The number of rotatable bonds is 2. The molecule has 0 radical (unpaired) electrons. The summed E-state index contributed by atoms with van der Waals surface area (Å²) in [6.07, 6.45) is 0.787. The van der Waals surface area contributed by atoms with Gasteiger partial charge in [0.05, 0.1) is 0 Å². The van der Waals surface area contributed by atoms with Crippen LogP contribution in [0, 0.1) is 12.7 Å². The molecular weight excluding hydrogens is 239 g/mol. The van der Waals surface area contributed by atoms with E-state index in [1.807, 2.05) is 6.92 Å². The highest BCUT2D eigenvalue weighted by Crippen LogP contribution is 2.20. The molecule has 0 unspecified atom stereocenters. The summed E-state index contributed by atoms with van der Waals surface area (Å²) in [4.78, 5) is 8.53. The van der Waals surface area contributed by atoms with Gasteiger partial charge in [-0.3, -0.25) is 0 Å². The Balaban J connectivity index is 2.52. The molecule has 88 valence electrons. The van der Waals surface area contributed by atoms with Crippen molar-refractivity contribution in [3.05, 3.63) is 46.5 Å². The molecule has 1 aromatic carbocycles. The number of aromatic nitrogens is 2. The second-order valence-electron chi connectivity index (χ2n) is 3.82. The van der Waals surface area contributed by atoms with Gasteiger partial charge in [0, 0.05) is 11.3 Å². The highest BCUT2D eigenvalue weighted by Gasteiger charge is 2.07. The Morgan fingerprint density at radius 3 is 2.65 bits per heavy atom. The van der Waals surface area contributed by atoms with Crippen molar-refractivity contribution in [1.29, 1.82) is 0 Å². The molecule has 0 spiro atoms. The van der Waals surface area contributed by atoms with Crippen LogP contribution < -0.4 is 0 Å². The molecule has 17 heavy (non-hydrogen) atoms. The lowest BCUT2D eigenvalue weighted by Crippen LogP contribution is -1.95. The molecule has 0 N–H and O–H groups in total. The second-order valence-corrected chi connectivity index (χ2v) is 4.21. The van der Waals surface area contributed by atoms with Crippen LogP contribution in [-0.2, 0) is 6.42 Å². The maximum absolute atomic E-state index is 13.2. The maximum atomic E-state index is 13.2. The molecular formula is C13H12ClFN2. The third-order valence-corrected chi connectivity index (χ3v) is 2.72. The van der Waals surface area contributed by atoms with Crippen molar-refractivity contribution in [1.82, 2.24) is 9.97 Å². The Labute approximate surface area is 104 Å². The number of benzene rings is 1. The highest BCUT2D eigenvalue weighted by atomic mass is 35.5. The van der Waals surface area contributed by atoms with Crippen LogP contribution >= 0.6 is 11.6 Å². The van der Waals surface area contributed by atoms with Crippen LogP contribution in [0.5, 0.6) is 0 Å². The average molecular weight is 251 g/mol. The molecule has 2 nitrogen and oxygen atoms in total. The Morgan fingerprint density at radius 1 is 1.24 bits per heavy atom. The van der Waals surface area contributed by atoms with Crippen LogP contribution in [0.4, 0.5) is 4.39 Å². The number of nitrogens with zero attached hydrogens (tertiary/aromatic N) is 2. The fourth-order valence-electron chi connectivity index (χ4n) is 1.56. The van der Waals surface area contributed by atoms with Gasteiger partial charge in [-0.15, -0.1) is 0 Å². The van der Waals surface area contributed by atoms with Gasteiger partial charge in [-0.1, -0.05) is 18.5 Å². The summed E-state index contributed by atoms with van der Waals surface area (Å²) in [5.74, 6) is 0.309. The van der Waals surface area contributed by atoms with Crippen LogP contribution in [0.3, 0.4) is 0 Å². The fourth-order valence-corrected chi connectivity index (χ4v) is 1.76. The number of aryl methyl sites for hydroxylation is 2. The lowest BCUT2D eigenvalue weighted by atomic mass is 10.1. The number of hydrogen-bond acceptors (Lipinski definition) is 2. The number of halogens is 2. The third kappa shape index (κ3) is 2.61. The van der Waals surface area contributed by atoms with Crippen molar-refractivity contribution in [2.45, 2.75) is 20.3 Å². The van der Waals surface area contributed by atoms with Crippen molar-refractivity contribution in [2.75, 3.05) is 0 Å². The smallest absolute Gasteiger partial charge is 0.161 e. The Kier molecular flexibility index (Phi) is 3.38. The van der Waals surface area contributed by atoms with Gasteiger partial charge in [-0.2, -0.15) is 0 Å². The van der Waals surface area contributed by atoms with E-state index in [0.717, 1.165) is 17.7 Å². The SMILES string of the molecule is CCc1cc(Cl)nc(-c2ccc(F)c(C)c2)n1. The first kappa shape index (κ1) is 12.0. The molecule has 0 amide bonds. The summed E-state index contributed by atoms with van der Waals surface area (Å²) in [5.41, 5.74) is 2.23. The largest absolute Gasteiger partial charge is 0.233 e. The average Bonchev–Trinajstić information content (AvgIpc) is 2.32. The van der Waals surface area contributed by atoms with Crippen LogP contribution in [0.2, 0.25) is 5.15 Å². The molecule has 2 rings (SSSR count). The van der Waals surface area contributed by atoms with Crippen molar-refractivity contribution in [3.8, 4) is 11.4 Å². The maximum Gasteiger partial charge on any atom is 0.161 e. The van der Waals surface area contributed by atoms with Gasteiger partial charge in [0.1, 0.15) is 11.0 Å². The molecule has 0 bridgehead atoms. The molecule has 4 heteroatoms. The standard InChI is InChI=1S/C13H12ClFN2/c1-3-10-7-12(14)17-13(16-10)9-4-5-11(15)8(2)6-9/h4-7H,3H2,1-2H3. The predicted molar refractivity (Wildman–Crippen MR) is 66.6 cm³/mol. The van der Waals surface area contributed by atoms with Gasteiger partial charge in [-0.05, 0) is 43.2 Å².